The molecule has 3 aromatic rings. The quantitative estimate of drug-likeness (QED) is 0.219. The molecule has 1 aliphatic carbocycles. The van der Waals surface area contributed by atoms with E-state index in [1.54, 1.807) is 42.5 Å². The van der Waals surface area contributed by atoms with E-state index in [-0.39, 0.29) is 29.3 Å². The molecule has 3 aromatic carbocycles. The van der Waals surface area contributed by atoms with Gasteiger partial charge in [-0.1, -0.05) is 92.7 Å². The highest BCUT2D eigenvalue weighted by Crippen LogP contribution is 2.30. The Kier molecular flexibility index (Phi) is 11.4. The number of anilines is 1. The maximum atomic E-state index is 14.4. The smallest absolute Gasteiger partial charge is 0.264 e. The number of carbonyl (C=O) groups is 2. The number of aryl methyl sites for hydroxylation is 1. The van der Waals surface area contributed by atoms with Crippen LogP contribution in [0.3, 0.4) is 0 Å². The Bertz CT molecular complexity index is 1530. The molecule has 0 heterocycles. The Morgan fingerprint density at radius 2 is 1.52 bits per heavy atom. The van der Waals surface area contributed by atoms with Gasteiger partial charge in [0.1, 0.15) is 12.6 Å². The Hall–Kier alpha value is -3.07. The second-order valence-electron chi connectivity index (χ2n) is 11.7. The second-order valence-corrected chi connectivity index (χ2v) is 14.4. The molecular formula is C34H41Cl2N3O4S. The molecule has 1 aliphatic rings. The van der Waals surface area contributed by atoms with E-state index < -0.39 is 28.5 Å². The molecule has 0 bridgehead atoms. The molecule has 1 fully saturated rings. The van der Waals surface area contributed by atoms with Gasteiger partial charge in [-0.25, -0.2) is 8.42 Å². The van der Waals surface area contributed by atoms with Crippen LogP contribution in [0.2, 0.25) is 10.0 Å². The number of hydrogen-bond acceptors (Lipinski definition) is 4. The topological polar surface area (TPSA) is 86.8 Å². The third-order valence-corrected chi connectivity index (χ3v) is 10.7. The van der Waals surface area contributed by atoms with E-state index >= 15 is 0 Å². The molecule has 7 nitrogen and oxygen atoms in total. The third kappa shape index (κ3) is 7.95. The molecule has 1 atom stereocenters. The van der Waals surface area contributed by atoms with Gasteiger partial charge >= 0.3 is 0 Å². The summed E-state index contributed by atoms with van der Waals surface area (Å²) in [6.45, 7) is 7.24. The van der Waals surface area contributed by atoms with Gasteiger partial charge in [0.15, 0.2) is 0 Å². The van der Waals surface area contributed by atoms with Crippen molar-refractivity contribution < 1.29 is 18.0 Å². The van der Waals surface area contributed by atoms with E-state index in [4.69, 9.17) is 23.2 Å². The number of nitrogens with one attached hydrogen (secondary N) is 1. The largest absolute Gasteiger partial charge is 0.352 e. The van der Waals surface area contributed by atoms with Crippen LogP contribution in [0.1, 0.15) is 75.5 Å². The lowest BCUT2D eigenvalue weighted by atomic mass is 10.0. The van der Waals surface area contributed by atoms with Gasteiger partial charge in [0.25, 0.3) is 10.0 Å². The molecule has 0 spiro atoms. The summed E-state index contributed by atoms with van der Waals surface area (Å²) in [5.41, 5.74) is 2.79. The van der Waals surface area contributed by atoms with Crippen molar-refractivity contribution in [2.24, 2.45) is 0 Å². The molecule has 236 valence electrons. The van der Waals surface area contributed by atoms with Gasteiger partial charge in [-0.15, -0.1) is 0 Å². The summed E-state index contributed by atoms with van der Waals surface area (Å²) in [5.74, 6) is -0.574. The first-order chi connectivity index (χ1) is 20.9. The summed E-state index contributed by atoms with van der Waals surface area (Å²) in [5, 5.41) is 3.83. The lowest BCUT2D eigenvalue weighted by Crippen LogP contribution is -2.53. The number of amides is 2. The van der Waals surface area contributed by atoms with Crippen molar-refractivity contribution in [2.45, 2.75) is 89.2 Å². The van der Waals surface area contributed by atoms with E-state index in [9.17, 15) is 18.0 Å². The molecule has 1 N–H and O–H groups in total. The van der Waals surface area contributed by atoms with Crippen LogP contribution in [0.25, 0.3) is 0 Å². The summed E-state index contributed by atoms with van der Waals surface area (Å²) in [4.78, 5) is 29.5. The van der Waals surface area contributed by atoms with Gasteiger partial charge in [-0.05, 0) is 74.1 Å². The Morgan fingerprint density at radius 1 is 0.932 bits per heavy atom. The summed E-state index contributed by atoms with van der Waals surface area (Å²) in [7, 11) is -4.16. The maximum absolute atomic E-state index is 14.4. The molecule has 2 amide bonds. The molecular weight excluding hydrogens is 617 g/mol. The number of benzene rings is 3. The van der Waals surface area contributed by atoms with Crippen molar-refractivity contribution in [3.05, 3.63) is 93.5 Å². The SMILES string of the molecule is CC[C@@H](C(=O)NC1CCCC1)N(Cc1c(Cl)cccc1Cl)C(=O)CN(c1ccc(C(C)C)cc1)S(=O)(=O)c1ccc(C)cc1. The van der Waals surface area contributed by atoms with Crippen molar-refractivity contribution in [2.75, 3.05) is 10.8 Å². The van der Waals surface area contributed by atoms with Crippen molar-refractivity contribution in [3.63, 3.8) is 0 Å². The monoisotopic (exact) mass is 657 g/mol. The van der Waals surface area contributed by atoms with Crippen LogP contribution in [0.4, 0.5) is 5.69 Å². The maximum Gasteiger partial charge on any atom is 0.264 e. The van der Waals surface area contributed by atoms with E-state index in [2.05, 4.69) is 19.2 Å². The van der Waals surface area contributed by atoms with Crippen LogP contribution in [-0.4, -0.2) is 43.8 Å². The zero-order chi connectivity index (χ0) is 32.0. The number of carbonyl (C=O) groups excluding carboxylic acids is 2. The average molecular weight is 659 g/mol. The molecule has 4 rings (SSSR count). The van der Waals surface area contributed by atoms with Crippen LogP contribution in [0.5, 0.6) is 0 Å². The van der Waals surface area contributed by atoms with Crippen LogP contribution in [0, 0.1) is 6.92 Å². The summed E-state index contributed by atoms with van der Waals surface area (Å²) in [6, 6.07) is 17.9. The zero-order valence-corrected chi connectivity index (χ0v) is 28.1. The van der Waals surface area contributed by atoms with Crippen LogP contribution < -0.4 is 9.62 Å². The Labute approximate surface area is 271 Å². The van der Waals surface area contributed by atoms with Crippen LogP contribution in [0.15, 0.2) is 71.6 Å². The van der Waals surface area contributed by atoms with Gasteiger partial charge in [0, 0.05) is 28.2 Å². The lowest BCUT2D eigenvalue weighted by molar-refractivity contribution is -0.140. The highest BCUT2D eigenvalue weighted by Gasteiger charge is 2.35. The lowest BCUT2D eigenvalue weighted by Gasteiger charge is -2.34. The summed E-state index contributed by atoms with van der Waals surface area (Å²) < 4.78 is 29.4. The van der Waals surface area contributed by atoms with E-state index in [1.807, 2.05) is 26.0 Å². The predicted molar refractivity (Wildman–Crippen MR) is 178 cm³/mol. The van der Waals surface area contributed by atoms with Crippen molar-refractivity contribution in [3.8, 4) is 0 Å². The molecule has 0 saturated heterocycles. The van der Waals surface area contributed by atoms with Gasteiger partial charge in [0.05, 0.1) is 10.6 Å². The zero-order valence-electron chi connectivity index (χ0n) is 25.7. The highest BCUT2D eigenvalue weighted by molar-refractivity contribution is 7.92. The molecule has 0 aliphatic heterocycles. The van der Waals surface area contributed by atoms with E-state index in [1.165, 1.54) is 17.0 Å². The fourth-order valence-electron chi connectivity index (χ4n) is 5.53. The first-order valence-corrected chi connectivity index (χ1v) is 17.3. The normalized spacial score (nSPS) is 14.4. The summed E-state index contributed by atoms with van der Waals surface area (Å²) >= 11 is 13.0. The number of halogens is 2. The van der Waals surface area contributed by atoms with Gasteiger partial charge < -0.3 is 10.2 Å². The van der Waals surface area contributed by atoms with Gasteiger partial charge in [-0.3, -0.25) is 13.9 Å². The molecule has 44 heavy (non-hydrogen) atoms. The number of sulfonamides is 1. The first-order valence-electron chi connectivity index (χ1n) is 15.1. The Balaban J connectivity index is 1.75. The van der Waals surface area contributed by atoms with Crippen molar-refractivity contribution in [1.29, 1.82) is 0 Å². The minimum atomic E-state index is -4.16. The average Bonchev–Trinajstić information content (AvgIpc) is 3.50. The number of rotatable bonds is 12. The number of hydrogen-bond donors (Lipinski definition) is 1. The van der Waals surface area contributed by atoms with E-state index in [0.29, 0.717) is 27.7 Å². The molecule has 10 heteroatoms. The predicted octanol–water partition coefficient (Wildman–Crippen LogP) is 7.49. The third-order valence-electron chi connectivity index (χ3n) is 8.21. The van der Waals surface area contributed by atoms with Crippen LogP contribution in [-0.2, 0) is 26.2 Å². The first kappa shape index (κ1) is 33.8. The fourth-order valence-corrected chi connectivity index (χ4v) is 7.46. The second kappa shape index (κ2) is 14.8. The summed E-state index contributed by atoms with van der Waals surface area (Å²) in [6.07, 6.45) is 4.19. The molecule has 0 aromatic heterocycles. The van der Waals surface area contributed by atoms with Crippen LogP contribution >= 0.6 is 23.2 Å². The highest BCUT2D eigenvalue weighted by atomic mass is 35.5. The minimum absolute atomic E-state index is 0.0512. The number of nitrogens with zero attached hydrogens (tertiary/aromatic N) is 2. The minimum Gasteiger partial charge on any atom is -0.352 e. The Morgan fingerprint density at radius 3 is 2.07 bits per heavy atom. The molecule has 0 unspecified atom stereocenters. The van der Waals surface area contributed by atoms with Crippen molar-refractivity contribution in [1.82, 2.24) is 10.2 Å². The van der Waals surface area contributed by atoms with Gasteiger partial charge in [0.2, 0.25) is 11.8 Å². The molecule has 1 saturated carbocycles. The van der Waals surface area contributed by atoms with E-state index in [0.717, 1.165) is 41.1 Å². The standard InChI is InChI=1S/C34H41Cl2N3O4S/c1-5-32(34(41)37-26-9-6-7-10-26)38(21-29-30(35)11-8-12-31(29)36)33(40)22-39(27-17-15-25(16-18-27)23(2)3)44(42,43)28-19-13-24(4)14-20-28/h8,11-20,23,26,32H,5-7,9-10,21-22H2,1-4H3,(H,37,41)/t32-/m0/s1. The van der Waals surface area contributed by atoms with Crippen molar-refractivity contribution >= 4 is 50.7 Å². The van der Waals surface area contributed by atoms with Gasteiger partial charge in [-0.2, -0.15) is 0 Å². The molecule has 0 radical (unpaired) electrons. The fraction of sp³-hybridized carbons (Fsp3) is 0.412.